The lowest BCUT2D eigenvalue weighted by atomic mass is 9.68. The topological polar surface area (TPSA) is 85.4 Å². The lowest BCUT2D eigenvalue weighted by Crippen LogP contribution is -2.53. The average molecular weight is 422 g/mol. The number of aliphatic hydroxyl groups is 1. The maximum atomic E-state index is 13.2. The Kier molecular flexibility index (Phi) is 6.73. The summed E-state index contributed by atoms with van der Waals surface area (Å²) in [5, 5.41) is 13.0. The van der Waals surface area contributed by atoms with Crippen LogP contribution in [0, 0.1) is 5.41 Å². The summed E-state index contributed by atoms with van der Waals surface area (Å²) < 4.78 is 44.7. The van der Waals surface area contributed by atoms with Crippen LogP contribution in [-0.4, -0.2) is 92.0 Å². The first-order valence-corrected chi connectivity index (χ1v) is 9.31. The second kappa shape index (κ2) is 8.39. The molecular formula is C18H29F3N4O4. The first kappa shape index (κ1) is 23.3. The number of rotatable bonds is 7. The maximum absolute atomic E-state index is 13.2. The minimum atomic E-state index is -4.69. The van der Waals surface area contributed by atoms with Crippen molar-refractivity contribution in [1.82, 2.24) is 20.0 Å². The third kappa shape index (κ3) is 4.61. The number of hydrogen-bond donors (Lipinski definition) is 2. The molecule has 0 atom stereocenters. The fraction of sp³-hybridized carbons (Fsp3) is 0.778. The van der Waals surface area contributed by atoms with Gasteiger partial charge in [-0.3, -0.25) is 9.59 Å². The Morgan fingerprint density at radius 3 is 2.38 bits per heavy atom. The Labute approximate surface area is 168 Å². The number of nitrogens with zero attached hydrogens (tertiary/aromatic N) is 3. The molecule has 29 heavy (non-hydrogen) atoms. The number of methoxy groups -OCH3 is 1. The Morgan fingerprint density at radius 1 is 1.31 bits per heavy atom. The second-order valence-electron chi connectivity index (χ2n) is 8.07. The normalized spacial score (nSPS) is 27.7. The lowest BCUT2D eigenvalue weighted by Gasteiger charge is -2.45. The summed E-state index contributed by atoms with van der Waals surface area (Å²) in [6.07, 6.45) is -4.84. The van der Waals surface area contributed by atoms with Crippen LogP contribution in [0.4, 0.5) is 13.2 Å². The molecule has 1 heterocycles. The number of hydrogen-bond acceptors (Lipinski definition) is 6. The van der Waals surface area contributed by atoms with Crippen molar-refractivity contribution in [1.29, 1.82) is 0 Å². The molecule has 8 nitrogen and oxygen atoms in total. The Morgan fingerprint density at radius 2 is 1.90 bits per heavy atom. The van der Waals surface area contributed by atoms with Crippen molar-refractivity contribution in [3.8, 4) is 0 Å². The number of halogens is 3. The largest absolute Gasteiger partial charge is 0.417 e. The minimum Gasteiger partial charge on any atom is -0.384 e. The van der Waals surface area contributed by atoms with Crippen molar-refractivity contribution >= 4 is 12.3 Å². The molecule has 2 N–H and O–H groups in total. The number of nitrogens with one attached hydrogen (secondary N) is 1. The molecule has 0 spiro atoms. The van der Waals surface area contributed by atoms with Crippen molar-refractivity contribution in [2.75, 3.05) is 48.1 Å². The summed E-state index contributed by atoms with van der Waals surface area (Å²) in [5.41, 5.74) is -3.10. The van der Waals surface area contributed by atoms with E-state index in [0.717, 1.165) is 0 Å². The monoisotopic (exact) mass is 422 g/mol. The van der Waals surface area contributed by atoms with Gasteiger partial charge in [-0.25, -0.2) is 0 Å². The molecule has 1 fully saturated rings. The molecule has 2 rings (SSSR count). The van der Waals surface area contributed by atoms with Crippen LogP contribution in [0.3, 0.4) is 0 Å². The van der Waals surface area contributed by atoms with Crippen LogP contribution in [0.5, 0.6) is 0 Å². The van der Waals surface area contributed by atoms with Gasteiger partial charge >= 0.3 is 6.18 Å². The Hall–Kier alpha value is -2.01. The first-order chi connectivity index (χ1) is 13.4. The standard InChI is InChI=1S/C18H29F3N4O4/c1-23(15(27)13-14(25(3)12-26)22-11-24(13)2)9-16(10-29-4)5-7-17(28,8-6-16)18(19,20)21/h12,22,28H,5-11H2,1-4H3. The van der Waals surface area contributed by atoms with Gasteiger partial charge < -0.3 is 29.9 Å². The van der Waals surface area contributed by atoms with Crippen LogP contribution >= 0.6 is 0 Å². The molecule has 2 amide bonds. The van der Waals surface area contributed by atoms with Crippen molar-refractivity contribution in [2.24, 2.45) is 5.41 Å². The zero-order chi connectivity index (χ0) is 22.0. The van der Waals surface area contributed by atoms with Crippen LogP contribution in [0.1, 0.15) is 25.7 Å². The van der Waals surface area contributed by atoms with E-state index in [-0.39, 0.29) is 31.9 Å². The van der Waals surface area contributed by atoms with Gasteiger partial charge in [0.05, 0.1) is 13.3 Å². The van der Waals surface area contributed by atoms with Gasteiger partial charge in [-0.2, -0.15) is 13.2 Å². The highest BCUT2D eigenvalue weighted by Gasteiger charge is 2.57. The van der Waals surface area contributed by atoms with Crippen molar-refractivity contribution in [3.05, 3.63) is 11.5 Å². The predicted octanol–water partition coefficient (Wildman–Crippen LogP) is 0.695. The summed E-state index contributed by atoms with van der Waals surface area (Å²) in [5.74, 6) is 0.0172. The van der Waals surface area contributed by atoms with Crippen molar-refractivity contribution < 1.29 is 32.6 Å². The number of alkyl halides is 3. The van der Waals surface area contributed by atoms with Gasteiger partial charge in [0.15, 0.2) is 5.60 Å². The number of likely N-dealkylation sites (N-methyl/N-ethyl adjacent to an activating group) is 2. The second-order valence-corrected chi connectivity index (χ2v) is 8.07. The van der Waals surface area contributed by atoms with E-state index in [1.165, 1.54) is 24.0 Å². The SMILES string of the molecule is COCC1(CN(C)C(=O)C2=C(N(C)C=O)NCN2C)CCC(O)(C(F)(F)F)CC1. The van der Waals surface area contributed by atoms with E-state index in [1.807, 2.05) is 0 Å². The third-order valence-electron chi connectivity index (χ3n) is 5.84. The van der Waals surface area contributed by atoms with Gasteiger partial charge in [0.25, 0.3) is 5.91 Å². The number of amides is 2. The summed E-state index contributed by atoms with van der Waals surface area (Å²) in [7, 11) is 6.26. The molecule has 1 saturated carbocycles. The summed E-state index contributed by atoms with van der Waals surface area (Å²) >= 11 is 0. The molecule has 2 aliphatic rings. The zero-order valence-corrected chi connectivity index (χ0v) is 17.2. The molecule has 0 aromatic heterocycles. The smallest absolute Gasteiger partial charge is 0.384 e. The first-order valence-electron chi connectivity index (χ1n) is 9.31. The van der Waals surface area contributed by atoms with Crippen LogP contribution in [0.25, 0.3) is 0 Å². The minimum absolute atomic E-state index is 0.0721. The molecule has 1 aliphatic carbocycles. The van der Waals surface area contributed by atoms with E-state index in [9.17, 15) is 27.9 Å². The summed E-state index contributed by atoms with van der Waals surface area (Å²) in [6, 6.07) is 0. The highest BCUT2D eigenvalue weighted by Crippen LogP contribution is 2.48. The van der Waals surface area contributed by atoms with Crippen molar-refractivity contribution in [3.63, 3.8) is 0 Å². The quantitative estimate of drug-likeness (QED) is 0.588. The van der Waals surface area contributed by atoms with Gasteiger partial charge in [-0.05, 0) is 25.7 Å². The number of carbonyl (C=O) groups excluding carboxylic acids is 2. The fourth-order valence-corrected chi connectivity index (χ4v) is 4.03. The molecule has 1 aliphatic heterocycles. The number of carbonyl (C=O) groups is 2. The maximum Gasteiger partial charge on any atom is 0.417 e. The van der Waals surface area contributed by atoms with Gasteiger partial charge in [-0.1, -0.05) is 0 Å². The van der Waals surface area contributed by atoms with Crippen LogP contribution < -0.4 is 5.32 Å². The molecule has 166 valence electrons. The third-order valence-corrected chi connectivity index (χ3v) is 5.84. The van der Waals surface area contributed by atoms with E-state index in [2.05, 4.69) is 5.32 Å². The average Bonchev–Trinajstić information content (AvgIpc) is 3.03. The Balaban J connectivity index is 2.19. The van der Waals surface area contributed by atoms with E-state index in [0.29, 0.717) is 24.6 Å². The van der Waals surface area contributed by atoms with E-state index < -0.39 is 30.0 Å². The van der Waals surface area contributed by atoms with Gasteiger partial charge in [-0.15, -0.1) is 0 Å². The molecule has 0 unspecified atom stereocenters. The van der Waals surface area contributed by atoms with E-state index in [1.54, 1.807) is 19.0 Å². The lowest BCUT2D eigenvalue weighted by molar-refractivity contribution is -0.277. The van der Waals surface area contributed by atoms with Crippen molar-refractivity contribution in [2.45, 2.75) is 37.5 Å². The van der Waals surface area contributed by atoms with Gasteiger partial charge in [0.2, 0.25) is 6.41 Å². The molecular weight excluding hydrogens is 393 g/mol. The highest BCUT2D eigenvalue weighted by molar-refractivity contribution is 5.94. The molecule has 0 radical (unpaired) electrons. The molecule has 0 aromatic carbocycles. The fourth-order valence-electron chi connectivity index (χ4n) is 4.03. The Bertz CT molecular complexity index is 660. The molecule has 0 saturated heterocycles. The van der Waals surface area contributed by atoms with Crippen LogP contribution in [0.2, 0.25) is 0 Å². The molecule has 11 heteroatoms. The van der Waals surface area contributed by atoms with Crippen LogP contribution in [-0.2, 0) is 14.3 Å². The number of ether oxygens (including phenoxy) is 1. The van der Waals surface area contributed by atoms with E-state index >= 15 is 0 Å². The van der Waals surface area contributed by atoms with Gasteiger partial charge in [0, 0.05) is 40.2 Å². The summed E-state index contributed by atoms with van der Waals surface area (Å²) in [4.78, 5) is 28.5. The summed E-state index contributed by atoms with van der Waals surface area (Å²) in [6.45, 7) is 0.695. The van der Waals surface area contributed by atoms with Crippen LogP contribution in [0.15, 0.2) is 11.5 Å². The highest BCUT2D eigenvalue weighted by atomic mass is 19.4. The van der Waals surface area contributed by atoms with Gasteiger partial charge in [0.1, 0.15) is 11.5 Å². The molecule has 0 aromatic rings. The predicted molar refractivity (Wildman–Crippen MR) is 98.0 cm³/mol. The van der Waals surface area contributed by atoms with E-state index in [4.69, 9.17) is 4.74 Å². The zero-order valence-electron chi connectivity index (χ0n) is 17.2. The molecule has 0 bridgehead atoms.